The number of hydrogen-bond donors (Lipinski definition) is 1. The van der Waals surface area contributed by atoms with Gasteiger partial charge in [-0.2, -0.15) is 0 Å². The molecule has 10 heteroatoms. The average molecular weight is 443 g/mol. The van der Waals surface area contributed by atoms with E-state index in [1.54, 1.807) is 0 Å². The first-order chi connectivity index (χ1) is 15.5. The van der Waals surface area contributed by atoms with Gasteiger partial charge in [-0.15, -0.1) is 5.10 Å². The lowest BCUT2D eigenvalue weighted by Gasteiger charge is -2.37. The lowest BCUT2D eigenvalue weighted by Crippen LogP contribution is -2.46. The highest BCUT2D eigenvalue weighted by atomic mass is 16.7. The number of aliphatic imine (C=N–C) groups is 1. The molecule has 1 aromatic carbocycles. The van der Waals surface area contributed by atoms with Crippen molar-refractivity contribution < 1.29 is 18.9 Å². The highest BCUT2D eigenvalue weighted by Crippen LogP contribution is 2.34. The van der Waals surface area contributed by atoms with Crippen molar-refractivity contribution in [1.29, 1.82) is 0 Å². The van der Waals surface area contributed by atoms with Crippen molar-refractivity contribution in [2.45, 2.75) is 31.3 Å². The summed E-state index contributed by atoms with van der Waals surface area (Å²) in [4.78, 5) is 6.67. The van der Waals surface area contributed by atoms with Crippen LogP contribution in [0.4, 0.5) is 0 Å². The summed E-state index contributed by atoms with van der Waals surface area (Å²) in [6, 6.07) is 7.92. The zero-order chi connectivity index (χ0) is 22.6. The Morgan fingerprint density at radius 1 is 1.31 bits per heavy atom. The van der Waals surface area contributed by atoms with Gasteiger partial charge in [-0.05, 0) is 12.1 Å². The molecular weight excluding hydrogens is 412 g/mol. The van der Waals surface area contributed by atoms with Gasteiger partial charge in [0.25, 0.3) is 0 Å². The molecule has 0 bridgehead atoms. The molecule has 0 radical (unpaired) electrons. The van der Waals surface area contributed by atoms with Crippen LogP contribution in [0.15, 0.2) is 53.5 Å². The Bertz CT molecular complexity index is 1010. The molecule has 2 saturated heterocycles. The predicted molar refractivity (Wildman–Crippen MR) is 120 cm³/mol. The fourth-order valence-electron chi connectivity index (χ4n) is 4.03. The van der Waals surface area contributed by atoms with E-state index in [0.717, 1.165) is 37.0 Å². The van der Waals surface area contributed by atoms with Crippen LogP contribution < -0.4 is 5.73 Å². The molecule has 2 aliphatic rings. The number of nitrogens with zero attached hydrogens (tertiary/aromatic N) is 5. The molecule has 1 aromatic heterocycles. The second-order valence-electron chi connectivity index (χ2n) is 7.97. The second-order valence-corrected chi connectivity index (χ2v) is 7.97. The van der Waals surface area contributed by atoms with Crippen LogP contribution in [0.25, 0.3) is 11.0 Å². The van der Waals surface area contributed by atoms with E-state index in [9.17, 15) is 0 Å². The highest BCUT2D eigenvalue weighted by Gasteiger charge is 2.44. The minimum absolute atomic E-state index is 0.0477. The van der Waals surface area contributed by atoms with Crippen LogP contribution in [0.3, 0.4) is 0 Å². The van der Waals surface area contributed by atoms with Crippen molar-refractivity contribution in [3.05, 3.63) is 48.5 Å². The van der Waals surface area contributed by atoms with Gasteiger partial charge in [-0.3, -0.25) is 4.90 Å². The summed E-state index contributed by atoms with van der Waals surface area (Å²) in [5.74, 6) is 0.0474. The van der Waals surface area contributed by atoms with Crippen LogP contribution in [0.5, 0.6) is 0 Å². The van der Waals surface area contributed by atoms with Crippen LogP contribution in [-0.4, -0.2) is 78.1 Å². The molecule has 4 rings (SSSR count). The minimum Gasteiger partial charge on any atom is -0.483 e. The van der Waals surface area contributed by atoms with Crippen molar-refractivity contribution in [3.8, 4) is 0 Å². The molecule has 0 saturated carbocycles. The summed E-state index contributed by atoms with van der Waals surface area (Å²) in [5.41, 5.74) is 8.23. The Hall–Kier alpha value is -2.95. The number of rotatable bonds is 7. The van der Waals surface area contributed by atoms with Gasteiger partial charge >= 0.3 is 0 Å². The minimum atomic E-state index is -0.532. The summed E-state index contributed by atoms with van der Waals surface area (Å²) in [5, 5.41) is 8.48. The molecular formula is C22H30N6O4. The zero-order valence-corrected chi connectivity index (χ0v) is 18.6. The van der Waals surface area contributed by atoms with Crippen molar-refractivity contribution in [3.63, 3.8) is 0 Å². The van der Waals surface area contributed by atoms with Crippen molar-refractivity contribution >= 4 is 16.9 Å². The maximum absolute atomic E-state index is 6.36. The Morgan fingerprint density at radius 3 is 2.84 bits per heavy atom. The molecule has 3 heterocycles. The second kappa shape index (κ2) is 9.68. The molecule has 172 valence electrons. The van der Waals surface area contributed by atoms with Gasteiger partial charge in [-0.25, -0.2) is 9.67 Å². The topological polar surface area (TPSA) is 109 Å². The van der Waals surface area contributed by atoms with E-state index < -0.39 is 5.79 Å². The van der Waals surface area contributed by atoms with E-state index in [-0.39, 0.29) is 12.0 Å². The fraction of sp³-hybridized carbons (Fsp3) is 0.500. The summed E-state index contributed by atoms with van der Waals surface area (Å²) in [7, 11) is 3.02. The van der Waals surface area contributed by atoms with Crippen LogP contribution in [-0.2, 0) is 25.5 Å². The monoisotopic (exact) mass is 442 g/mol. The molecule has 0 amide bonds. The smallest absolute Gasteiger partial charge is 0.218 e. The van der Waals surface area contributed by atoms with E-state index in [4.69, 9.17) is 24.7 Å². The number of fused-ring (bicyclic) bond motifs is 1. The summed E-state index contributed by atoms with van der Waals surface area (Å²) in [6.07, 6.45) is 3.04. The summed E-state index contributed by atoms with van der Waals surface area (Å²) >= 11 is 0. The van der Waals surface area contributed by atoms with Gasteiger partial charge in [0.2, 0.25) is 5.90 Å². The number of ether oxygens (including phenoxy) is 4. The average Bonchev–Trinajstić information content (AvgIpc) is 3.39. The molecule has 2 fully saturated rings. The molecule has 2 N–H and O–H groups in total. The van der Waals surface area contributed by atoms with E-state index in [1.165, 1.54) is 20.3 Å². The van der Waals surface area contributed by atoms with Crippen LogP contribution in [0.1, 0.15) is 12.8 Å². The van der Waals surface area contributed by atoms with Crippen LogP contribution >= 0.6 is 0 Å². The normalized spacial score (nSPS) is 21.9. The van der Waals surface area contributed by atoms with Crippen molar-refractivity contribution in [1.82, 2.24) is 19.9 Å². The number of methoxy groups -OCH3 is 2. The number of hydrogen-bond acceptors (Lipinski definition) is 9. The van der Waals surface area contributed by atoms with Gasteiger partial charge in [0.1, 0.15) is 11.6 Å². The first-order valence-corrected chi connectivity index (χ1v) is 10.6. The first kappa shape index (κ1) is 22.3. The zero-order valence-electron chi connectivity index (χ0n) is 18.6. The molecule has 2 aromatic rings. The van der Waals surface area contributed by atoms with Gasteiger partial charge in [0.15, 0.2) is 11.7 Å². The SMILES string of the molecule is C=C(CN1CCC2(CC1)OCC(Cn1nnc3ccccc31)O2)/N=C(\C=C(/N)OC)OC. The molecule has 0 aliphatic carbocycles. The number of aromatic nitrogens is 3. The summed E-state index contributed by atoms with van der Waals surface area (Å²) < 4.78 is 24.5. The molecule has 10 nitrogen and oxygen atoms in total. The standard InChI is InChI=1S/C22H30N6O4/c1-16(24-21(30-3)12-20(23)29-2)13-27-10-8-22(9-11-27)31-15-17(32-22)14-28-19-7-5-4-6-18(19)25-26-28/h4-7,12,17H,1,8-11,13-15,23H2,2-3H3/b20-12+,24-21+. The van der Waals surface area contributed by atoms with Crippen LogP contribution in [0, 0.1) is 0 Å². The quantitative estimate of drug-likeness (QED) is 0.392. The molecule has 1 spiro atoms. The third kappa shape index (κ3) is 5.09. The third-order valence-corrected chi connectivity index (χ3v) is 5.71. The van der Waals surface area contributed by atoms with E-state index in [2.05, 4.69) is 26.8 Å². The van der Waals surface area contributed by atoms with E-state index in [1.807, 2.05) is 28.9 Å². The Morgan fingerprint density at radius 2 is 2.09 bits per heavy atom. The number of piperidine rings is 1. The van der Waals surface area contributed by atoms with Gasteiger partial charge < -0.3 is 24.7 Å². The molecule has 1 atom stereocenters. The van der Waals surface area contributed by atoms with E-state index >= 15 is 0 Å². The number of para-hydroxylation sites is 1. The predicted octanol–water partition coefficient (Wildman–Crippen LogP) is 1.64. The van der Waals surface area contributed by atoms with Crippen molar-refractivity contribution in [2.75, 3.05) is 40.5 Å². The van der Waals surface area contributed by atoms with Gasteiger partial charge in [0, 0.05) is 32.5 Å². The Kier molecular flexibility index (Phi) is 6.73. The molecule has 32 heavy (non-hydrogen) atoms. The largest absolute Gasteiger partial charge is 0.483 e. The van der Waals surface area contributed by atoms with Gasteiger partial charge in [0.05, 0.1) is 44.7 Å². The highest BCUT2D eigenvalue weighted by molar-refractivity contribution is 5.88. The summed E-state index contributed by atoms with van der Waals surface area (Å²) in [6.45, 7) is 7.48. The number of benzene rings is 1. The number of nitrogens with two attached hydrogens (primary N) is 1. The maximum Gasteiger partial charge on any atom is 0.218 e. The number of likely N-dealkylation sites (tertiary alicyclic amines) is 1. The van der Waals surface area contributed by atoms with Gasteiger partial charge in [-0.1, -0.05) is 23.9 Å². The molecule has 1 unspecified atom stereocenters. The Balaban J connectivity index is 1.28. The van der Waals surface area contributed by atoms with E-state index in [0.29, 0.717) is 31.3 Å². The fourth-order valence-corrected chi connectivity index (χ4v) is 4.03. The first-order valence-electron chi connectivity index (χ1n) is 10.6. The Labute approximate surface area is 187 Å². The lowest BCUT2D eigenvalue weighted by molar-refractivity contribution is -0.195. The maximum atomic E-state index is 6.36. The van der Waals surface area contributed by atoms with Crippen molar-refractivity contribution in [2.24, 2.45) is 10.7 Å². The third-order valence-electron chi connectivity index (χ3n) is 5.71. The van der Waals surface area contributed by atoms with Crippen LogP contribution in [0.2, 0.25) is 0 Å². The lowest BCUT2D eigenvalue weighted by atomic mass is 10.0. The molecule has 2 aliphatic heterocycles.